The van der Waals surface area contributed by atoms with E-state index in [0.29, 0.717) is 0 Å². The van der Waals surface area contributed by atoms with Crippen molar-refractivity contribution in [1.29, 1.82) is 0 Å². The SMILES string of the molecule is CCC(N)c1cccnc1.Cl.Cl. The van der Waals surface area contributed by atoms with Gasteiger partial charge < -0.3 is 5.73 Å². The molecule has 0 saturated heterocycles. The van der Waals surface area contributed by atoms with Crippen molar-refractivity contribution in [1.82, 2.24) is 4.98 Å². The lowest BCUT2D eigenvalue weighted by molar-refractivity contribution is 0.695. The van der Waals surface area contributed by atoms with E-state index in [1.807, 2.05) is 18.3 Å². The summed E-state index contributed by atoms with van der Waals surface area (Å²) in [5, 5.41) is 0. The zero-order chi connectivity index (χ0) is 7.40. The van der Waals surface area contributed by atoms with Crippen LogP contribution in [0.5, 0.6) is 0 Å². The molecule has 0 saturated carbocycles. The van der Waals surface area contributed by atoms with Crippen LogP contribution in [0.4, 0.5) is 0 Å². The smallest absolute Gasteiger partial charge is 0.0315 e. The third-order valence-electron chi connectivity index (χ3n) is 1.55. The molecule has 0 fully saturated rings. The molecule has 1 unspecified atom stereocenters. The molecule has 2 nitrogen and oxygen atoms in total. The minimum atomic E-state index is 0. The van der Waals surface area contributed by atoms with Gasteiger partial charge in [-0.2, -0.15) is 0 Å². The van der Waals surface area contributed by atoms with Gasteiger partial charge in [0.1, 0.15) is 0 Å². The molecule has 0 aliphatic carbocycles. The van der Waals surface area contributed by atoms with Gasteiger partial charge in [-0.15, -0.1) is 24.8 Å². The van der Waals surface area contributed by atoms with Crippen LogP contribution in [0.3, 0.4) is 0 Å². The van der Waals surface area contributed by atoms with E-state index in [4.69, 9.17) is 5.73 Å². The molecule has 0 amide bonds. The maximum absolute atomic E-state index is 5.75. The molecule has 1 aromatic heterocycles. The van der Waals surface area contributed by atoms with Crippen molar-refractivity contribution in [2.75, 3.05) is 0 Å². The molecule has 1 aromatic rings. The molecule has 0 aromatic carbocycles. The standard InChI is InChI=1S/C8H12N2.2ClH/c1-2-8(9)7-4-3-5-10-6-7;;/h3-6,8H,2,9H2,1H3;2*1H. The summed E-state index contributed by atoms with van der Waals surface area (Å²) in [7, 11) is 0. The van der Waals surface area contributed by atoms with Crippen LogP contribution in [0.25, 0.3) is 0 Å². The molecule has 0 radical (unpaired) electrons. The zero-order valence-corrected chi connectivity index (χ0v) is 8.57. The van der Waals surface area contributed by atoms with E-state index in [0.717, 1.165) is 12.0 Å². The topological polar surface area (TPSA) is 38.9 Å². The maximum Gasteiger partial charge on any atom is 0.0315 e. The van der Waals surface area contributed by atoms with Gasteiger partial charge in [-0.05, 0) is 18.1 Å². The molecule has 70 valence electrons. The lowest BCUT2D eigenvalue weighted by Crippen LogP contribution is -2.08. The van der Waals surface area contributed by atoms with Crippen molar-refractivity contribution in [3.8, 4) is 0 Å². The maximum atomic E-state index is 5.75. The summed E-state index contributed by atoms with van der Waals surface area (Å²) < 4.78 is 0. The average Bonchev–Trinajstić information content (AvgIpc) is 2.05. The first kappa shape index (κ1) is 14.2. The van der Waals surface area contributed by atoms with Crippen LogP contribution in [-0.4, -0.2) is 4.98 Å². The van der Waals surface area contributed by atoms with Crippen LogP contribution in [-0.2, 0) is 0 Å². The Labute approximate surface area is 85.4 Å². The Morgan fingerprint density at radius 1 is 1.50 bits per heavy atom. The van der Waals surface area contributed by atoms with E-state index in [-0.39, 0.29) is 30.9 Å². The molecule has 12 heavy (non-hydrogen) atoms. The Morgan fingerprint density at radius 3 is 2.58 bits per heavy atom. The fourth-order valence-electron chi connectivity index (χ4n) is 0.831. The van der Waals surface area contributed by atoms with Crippen molar-refractivity contribution < 1.29 is 0 Å². The summed E-state index contributed by atoms with van der Waals surface area (Å²) in [6.07, 6.45) is 4.53. The summed E-state index contributed by atoms with van der Waals surface area (Å²) >= 11 is 0. The number of nitrogens with two attached hydrogens (primary N) is 1. The summed E-state index contributed by atoms with van der Waals surface area (Å²) in [5.74, 6) is 0. The van der Waals surface area contributed by atoms with Gasteiger partial charge in [0, 0.05) is 18.4 Å². The third-order valence-corrected chi connectivity index (χ3v) is 1.55. The van der Waals surface area contributed by atoms with E-state index in [9.17, 15) is 0 Å². The molecule has 0 bridgehead atoms. The molecule has 1 rings (SSSR count). The lowest BCUT2D eigenvalue weighted by Gasteiger charge is -2.06. The highest BCUT2D eigenvalue weighted by Crippen LogP contribution is 2.10. The van der Waals surface area contributed by atoms with Crippen molar-refractivity contribution in [2.45, 2.75) is 19.4 Å². The van der Waals surface area contributed by atoms with E-state index in [1.54, 1.807) is 6.20 Å². The predicted octanol–water partition coefficient (Wildman–Crippen LogP) is 2.34. The molecular formula is C8H14Cl2N2. The second-order valence-corrected chi connectivity index (χ2v) is 2.30. The Hall–Kier alpha value is -0.310. The Kier molecular flexibility index (Phi) is 8.71. The molecule has 0 aliphatic heterocycles. The quantitative estimate of drug-likeness (QED) is 0.811. The number of halogens is 2. The summed E-state index contributed by atoms with van der Waals surface area (Å²) in [4.78, 5) is 3.97. The molecular weight excluding hydrogens is 195 g/mol. The van der Waals surface area contributed by atoms with Crippen molar-refractivity contribution in [2.24, 2.45) is 5.73 Å². The lowest BCUT2D eigenvalue weighted by atomic mass is 10.1. The van der Waals surface area contributed by atoms with E-state index in [1.165, 1.54) is 0 Å². The number of aromatic nitrogens is 1. The van der Waals surface area contributed by atoms with E-state index < -0.39 is 0 Å². The highest BCUT2D eigenvalue weighted by atomic mass is 35.5. The largest absolute Gasteiger partial charge is 0.324 e. The number of hydrogen-bond donors (Lipinski definition) is 1. The van der Waals surface area contributed by atoms with Crippen molar-refractivity contribution in [3.63, 3.8) is 0 Å². The number of pyridine rings is 1. The monoisotopic (exact) mass is 208 g/mol. The highest BCUT2D eigenvalue weighted by molar-refractivity contribution is 5.85. The summed E-state index contributed by atoms with van der Waals surface area (Å²) in [6.45, 7) is 2.07. The molecule has 4 heteroatoms. The van der Waals surface area contributed by atoms with Crippen molar-refractivity contribution >= 4 is 24.8 Å². The van der Waals surface area contributed by atoms with Gasteiger partial charge in [-0.1, -0.05) is 13.0 Å². The molecule has 0 spiro atoms. The fraction of sp³-hybridized carbons (Fsp3) is 0.375. The first-order chi connectivity index (χ1) is 4.84. The van der Waals surface area contributed by atoms with Gasteiger partial charge in [-0.25, -0.2) is 0 Å². The number of hydrogen-bond acceptors (Lipinski definition) is 2. The normalized spacial score (nSPS) is 10.8. The average molecular weight is 209 g/mol. The summed E-state index contributed by atoms with van der Waals surface area (Å²) in [5.41, 5.74) is 6.87. The van der Waals surface area contributed by atoms with Gasteiger partial charge in [0.15, 0.2) is 0 Å². The second kappa shape index (κ2) is 7.35. The van der Waals surface area contributed by atoms with Crippen LogP contribution in [0, 0.1) is 0 Å². The highest BCUT2D eigenvalue weighted by Gasteiger charge is 1.99. The first-order valence-corrected chi connectivity index (χ1v) is 3.50. The van der Waals surface area contributed by atoms with Crippen LogP contribution in [0.2, 0.25) is 0 Å². The fourth-order valence-corrected chi connectivity index (χ4v) is 0.831. The molecule has 0 aliphatic rings. The van der Waals surface area contributed by atoms with Gasteiger partial charge in [0.05, 0.1) is 0 Å². The van der Waals surface area contributed by atoms with Gasteiger partial charge >= 0.3 is 0 Å². The zero-order valence-electron chi connectivity index (χ0n) is 6.93. The van der Waals surface area contributed by atoms with E-state index >= 15 is 0 Å². The van der Waals surface area contributed by atoms with Crippen LogP contribution in [0.15, 0.2) is 24.5 Å². The number of rotatable bonds is 2. The summed E-state index contributed by atoms with van der Waals surface area (Å²) in [6, 6.07) is 4.06. The van der Waals surface area contributed by atoms with Gasteiger partial charge in [0.2, 0.25) is 0 Å². The van der Waals surface area contributed by atoms with Gasteiger partial charge in [0.25, 0.3) is 0 Å². The predicted molar refractivity (Wildman–Crippen MR) is 56.0 cm³/mol. The minimum Gasteiger partial charge on any atom is -0.324 e. The Bertz CT molecular complexity index is 192. The molecule has 2 N–H and O–H groups in total. The van der Waals surface area contributed by atoms with Crippen molar-refractivity contribution in [3.05, 3.63) is 30.1 Å². The molecule has 1 heterocycles. The Balaban J connectivity index is 0. The first-order valence-electron chi connectivity index (χ1n) is 3.50. The van der Waals surface area contributed by atoms with Crippen LogP contribution >= 0.6 is 24.8 Å². The van der Waals surface area contributed by atoms with Crippen LogP contribution < -0.4 is 5.73 Å². The molecule has 1 atom stereocenters. The third kappa shape index (κ3) is 3.90. The van der Waals surface area contributed by atoms with Crippen LogP contribution in [0.1, 0.15) is 24.9 Å². The second-order valence-electron chi connectivity index (χ2n) is 2.30. The number of nitrogens with zero attached hydrogens (tertiary/aromatic N) is 1. The minimum absolute atomic E-state index is 0. The Morgan fingerprint density at radius 2 is 2.17 bits per heavy atom. The van der Waals surface area contributed by atoms with Gasteiger partial charge in [-0.3, -0.25) is 4.98 Å². The van der Waals surface area contributed by atoms with E-state index in [2.05, 4.69) is 11.9 Å².